The summed E-state index contributed by atoms with van der Waals surface area (Å²) in [6.45, 7) is 0.447. The zero-order valence-electron chi connectivity index (χ0n) is 13.8. The third-order valence-corrected chi connectivity index (χ3v) is 5.31. The highest BCUT2D eigenvalue weighted by atomic mass is 16.7. The van der Waals surface area contributed by atoms with Crippen molar-refractivity contribution in [3.05, 3.63) is 47.5 Å². The minimum absolute atomic E-state index is 0.196. The molecule has 0 spiro atoms. The maximum absolute atomic E-state index is 12.4. The minimum atomic E-state index is 0.196. The SMILES string of the molecule is O=C1CCc2c1cc1ccc3c(c1c2-c1ccc2c(c1)OCO2)OCO3. The van der Waals surface area contributed by atoms with Gasteiger partial charge in [-0.3, -0.25) is 4.79 Å². The maximum Gasteiger partial charge on any atom is 0.231 e. The Morgan fingerprint density at radius 1 is 0.769 bits per heavy atom. The summed E-state index contributed by atoms with van der Waals surface area (Å²) in [6, 6.07) is 11.8. The van der Waals surface area contributed by atoms with Crippen molar-refractivity contribution in [1.29, 1.82) is 0 Å². The molecule has 3 aromatic carbocycles. The number of hydrogen-bond donors (Lipinski definition) is 0. The van der Waals surface area contributed by atoms with E-state index in [9.17, 15) is 4.79 Å². The van der Waals surface area contributed by atoms with E-state index >= 15 is 0 Å². The van der Waals surface area contributed by atoms with Crippen molar-refractivity contribution in [3.63, 3.8) is 0 Å². The molecule has 128 valence electrons. The predicted molar refractivity (Wildman–Crippen MR) is 94.3 cm³/mol. The third-order valence-electron chi connectivity index (χ3n) is 5.31. The van der Waals surface area contributed by atoms with Crippen LogP contribution in [0.4, 0.5) is 0 Å². The Bertz CT molecular complexity index is 1120. The van der Waals surface area contributed by atoms with Gasteiger partial charge in [-0.15, -0.1) is 0 Å². The average molecular weight is 346 g/mol. The largest absolute Gasteiger partial charge is 0.454 e. The quantitative estimate of drug-likeness (QED) is 0.664. The minimum Gasteiger partial charge on any atom is -0.454 e. The number of carbonyl (C=O) groups excluding carboxylic acids is 1. The molecule has 2 heterocycles. The Morgan fingerprint density at radius 2 is 1.58 bits per heavy atom. The first kappa shape index (κ1) is 14.0. The lowest BCUT2D eigenvalue weighted by Crippen LogP contribution is -1.97. The van der Waals surface area contributed by atoms with Crippen LogP contribution in [0, 0.1) is 0 Å². The number of carbonyl (C=O) groups is 1. The average Bonchev–Trinajstić information content (AvgIpc) is 3.39. The Hall–Kier alpha value is -3.21. The fourth-order valence-corrected chi connectivity index (χ4v) is 4.15. The van der Waals surface area contributed by atoms with E-state index < -0.39 is 0 Å². The van der Waals surface area contributed by atoms with Gasteiger partial charge >= 0.3 is 0 Å². The highest BCUT2D eigenvalue weighted by molar-refractivity contribution is 6.12. The van der Waals surface area contributed by atoms with Gasteiger partial charge in [0.25, 0.3) is 0 Å². The number of ether oxygens (including phenoxy) is 4. The third kappa shape index (κ3) is 1.77. The molecular weight excluding hydrogens is 332 g/mol. The van der Waals surface area contributed by atoms with Crippen LogP contribution in [0.2, 0.25) is 0 Å². The summed E-state index contributed by atoms with van der Waals surface area (Å²) in [5.74, 6) is 3.15. The summed E-state index contributed by atoms with van der Waals surface area (Å²) >= 11 is 0. The van der Waals surface area contributed by atoms with Gasteiger partial charge < -0.3 is 18.9 Å². The molecule has 1 aliphatic carbocycles. The molecule has 5 nitrogen and oxygen atoms in total. The van der Waals surface area contributed by atoms with Gasteiger partial charge in [0.1, 0.15) is 0 Å². The van der Waals surface area contributed by atoms with Crippen molar-refractivity contribution in [1.82, 2.24) is 0 Å². The molecule has 0 saturated heterocycles. The zero-order valence-corrected chi connectivity index (χ0v) is 13.8. The Morgan fingerprint density at radius 3 is 2.54 bits per heavy atom. The van der Waals surface area contributed by atoms with Crippen molar-refractivity contribution in [3.8, 4) is 34.1 Å². The van der Waals surface area contributed by atoms with Crippen molar-refractivity contribution in [2.75, 3.05) is 13.6 Å². The second kappa shape index (κ2) is 4.91. The molecule has 26 heavy (non-hydrogen) atoms. The fourth-order valence-electron chi connectivity index (χ4n) is 4.15. The summed E-state index contributed by atoms with van der Waals surface area (Å²) in [6.07, 6.45) is 1.28. The lowest BCUT2D eigenvalue weighted by molar-refractivity contribution is 0.0994. The molecule has 0 amide bonds. The van der Waals surface area contributed by atoms with Crippen LogP contribution in [0.5, 0.6) is 23.0 Å². The molecule has 0 saturated carbocycles. The normalized spacial score (nSPS) is 16.4. The molecule has 0 aromatic heterocycles. The van der Waals surface area contributed by atoms with Crippen molar-refractivity contribution in [2.45, 2.75) is 12.8 Å². The standard InChI is InChI=1S/C21H14O5/c22-15-4-3-13-14(15)7-11-2-6-17-21(26-10-24-17)20(11)19(13)12-1-5-16-18(8-12)25-9-23-16/h1-2,5-8H,3-4,9-10H2. The number of rotatable bonds is 1. The lowest BCUT2D eigenvalue weighted by atomic mass is 9.90. The first-order valence-electron chi connectivity index (χ1n) is 8.61. The van der Waals surface area contributed by atoms with Crippen molar-refractivity contribution < 1.29 is 23.7 Å². The van der Waals surface area contributed by atoms with Crippen LogP contribution in [0.25, 0.3) is 21.9 Å². The van der Waals surface area contributed by atoms with Crippen LogP contribution in [0.15, 0.2) is 36.4 Å². The lowest BCUT2D eigenvalue weighted by Gasteiger charge is -2.15. The van der Waals surface area contributed by atoms with Crippen LogP contribution >= 0.6 is 0 Å². The molecule has 0 fully saturated rings. The summed E-state index contributed by atoms with van der Waals surface area (Å²) < 4.78 is 22.4. The van der Waals surface area contributed by atoms with Crippen LogP contribution in [-0.2, 0) is 6.42 Å². The summed E-state index contributed by atoms with van der Waals surface area (Å²) in [5, 5.41) is 1.98. The number of benzene rings is 3. The van der Waals surface area contributed by atoms with E-state index in [0.29, 0.717) is 6.42 Å². The van der Waals surface area contributed by atoms with Crippen molar-refractivity contribution >= 4 is 16.6 Å². The van der Waals surface area contributed by atoms with Crippen LogP contribution < -0.4 is 18.9 Å². The summed E-state index contributed by atoms with van der Waals surface area (Å²) in [5.41, 5.74) is 3.91. The molecule has 6 rings (SSSR count). The second-order valence-corrected chi connectivity index (χ2v) is 6.67. The van der Waals surface area contributed by atoms with Crippen LogP contribution in [0.1, 0.15) is 22.3 Å². The van der Waals surface area contributed by atoms with Crippen LogP contribution in [0.3, 0.4) is 0 Å². The fraction of sp³-hybridized carbons (Fsp3) is 0.190. The summed E-state index contributed by atoms with van der Waals surface area (Å²) in [4.78, 5) is 12.4. The number of ketones is 1. The topological polar surface area (TPSA) is 54.0 Å². The molecule has 0 unspecified atom stereocenters. The van der Waals surface area contributed by atoms with E-state index in [1.54, 1.807) is 0 Å². The summed E-state index contributed by atoms with van der Waals surface area (Å²) in [7, 11) is 0. The van der Waals surface area contributed by atoms with Gasteiger partial charge in [0.05, 0.1) is 0 Å². The van der Waals surface area contributed by atoms with Gasteiger partial charge in [0.15, 0.2) is 28.8 Å². The Balaban J connectivity index is 1.73. The van der Waals surface area contributed by atoms with E-state index in [1.807, 2.05) is 36.4 Å². The first-order chi connectivity index (χ1) is 12.8. The Labute approximate surface area is 149 Å². The molecule has 5 heteroatoms. The van der Waals surface area contributed by atoms with Gasteiger partial charge in [0.2, 0.25) is 13.6 Å². The Kier molecular flexibility index (Phi) is 2.65. The highest BCUT2D eigenvalue weighted by Crippen LogP contribution is 2.49. The van der Waals surface area contributed by atoms with E-state index in [4.69, 9.17) is 18.9 Å². The monoisotopic (exact) mass is 346 g/mol. The first-order valence-corrected chi connectivity index (χ1v) is 8.61. The highest BCUT2D eigenvalue weighted by Gasteiger charge is 2.29. The molecule has 0 atom stereocenters. The van der Waals surface area contributed by atoms with Gasteiger partial charge in [-0.1, -0.05) is 12.1 Å². The number of hydrogen-bond acceptors (Lipinski definition) is 5. The second-order valence-electron chi connectivity index (χ2n) is 6.67. The molecular formula is C21H14O5. The molecule has 0 N–H and O–H groups in total. The molecule has 3 aliphatic rings. The molecule has 3 aromatic rings. The van der Waals surface area contributed by atoms with Crippen LogP contribution in [-0.4, -0.2) is 19.4 Å². The van der Waals surface area contributed by atoms with E-state index in [-0.39, 0.29) is 19.4 Å². The molecule has 0 radical (unpaired) electrons. The van der Waals surface area contributed by atoms with E-state index in [2.05, 4.69) is 0 Å². The van der Waals surface area contributed by atoms with Crippen molar-refractivity contribution in [2.24, 2.45) is 0 Å². The van der Waals surface area contributed by atoms with Gasteiger partial charge in [-0.05, 0) is 52.8 Å². The number of fused-ring (bicyclic) bond motifs is 5. The van der Waals surface area contributed by atoms with Gasteiger partial charge in [0, 0.05) is 17.4 Å². The smallest absolute Gasteiger partial charge is 0.231 e. The van der Waals surface area contributed by atoms with E-state index in [1.165, 1.54) is 0 Å². The zero-order chi connectivity index (χ0) is 17.3. The van der Waals surface area contributed by atoms with E-state index in [0.717, 1.165) is 62.4 Å². The van der Waals surface area contributed by atoms with Gasteiger partial charge in [-0.2, -0.15) is 0 Å². The maximum atomic E-state index is 12.4. The van der Waals surface area contributed by atoms with Gasteiger partial charge in [-0.25, -0.2) is 0 Å². The molecule has 0 bridgehead atoms. The molecule has 2 aliphatic heterocycles. The number of Topliss-reactive ketones (excluding diaryl/α,β-unsaturated/α-hetero) is 1. The predicted octanol–water partition coefficient (Wildman–Crippen LogP) is 4.09.